The molecule has 7 nitrogen and oxygen atoms in total. The van der Waals surface area contributed by atoms with E-state index in [1.54, 1.807) is 4.90 Å². The Morgan fingerprint density at radius 3 is 2.54 bits per heavy atom. The number of benzene rings is 1. The summed E-state index contributed by atoms with van der Waals surface area (Å²) in [6.45, 7) is 1.08. The van der Waals surface area contributed by atoms with E-state index >= 15 is 0 Å². The summed E-state index contributed by atoms with van der Waals surface area (Å²) in [6, 6.07) is 11.5. The lowest BCUT2D eigenvalue weighted by Gasteiger charge is -2.20. The Morgan fingerprint density at radius 2 is 1.92 bits per heavy atom. The molecule has 1 rings (SSSR count). The summed E-state index contributed by atoms with van der Waals surface area (Å²) >= 11 is 0. The maximum Gasteiger partial charge on any atom is 0.303 e. The van der Waals surface area contributed by atoms with Gasteiger partial charge in [-0.2, -0.15) is 5.26 Å². The number of nitrogens with one attached hydrogen (secondary N) is 1. The van der Waals surface area contributed by atoms with Crippen molar-refractivity contribution in [3.63, 3.8) is 0 Å². The highest BCUT2D eigenvalue weighted by molar-refractivity contribution is 5.97. The second-order valence-electron chi connectivity index (χ2n) is 5.79. The Labute approximate surface area is 153 Å². The highest BCUT2D eigenvalue weighted by Crippen LogP contribution is 2.07. The number of amides is 1. The molecule has 0 heterocycles. The number of rotatable bonds is 12. The minimum Gasteiger partial charge on any atom is -0.481 e. The molecule has 0 saturated heterocycles. The fraction of sp³-hybridized carbons (Fsp3) is 0.421. The lowest BCUT2D eigenvalue weighted by Crippen LogP contribution is -2.28. The first-order valence-corrected chi connectivity index (χ1v) is 8.57. The quantitative estimate of drug-likeness (QED) is 0.297. The first-order chi connectivity index (χ1) is 12.6. The van der Waals surface area contributed by atoms with Gasteiger partial charge in [0.2, 0.25) is 0 Å². The monoisotopic (exact) mass is 359 g/mol. The van der Waals surface area contributed by atoms with Crippen molar-refractivity contribution in [2.24, 2.45) is 0 Å². The Hall–Kier alpha value is -2.85. The topological polar surface area (TPSA) is 114 Å². The number of hydrogen-bond donors (Lipinski definition) is 3. The van der Waals surface area contributed by atoms with Gasteiger partial charge in [0.25, 0.3) is 5.91 Å². The average Bonchev–Trinajstić information content (AvgIpc) is 2.63. The minimum absolute atomic E-state index is 0.0279. The number of carboxylic acids is 1. The standard InChI is InChI=1S/C19H25N3O4/c20-13-17(19(26)21-10-6-2-5-9-18(24)25)15-22(11-12-23)14-16-7-3-1-4-8-16/h1,3-4,7-8,15,23H,2,5-6,9-12,14H2,(H,21,26)(H,24,25)/b17-15-. The van der Waals surface area contributed by atoms with Crippen LogP contribution in [0.3, 0.4) is 0 Å². The molecule has 0 aliphatic rings. The van der Waals surface area contributed by atoms with Crippen molar-refractivity contribution in [2.75, 3.05) is 19.7 Å². The summed E-state index contributed by atoms with van der Waals surface area (Å²) in [4.78, 5) is 24.3. The van der Waals surface area contributed by atoms with Gasteiger partial charge in [0.15, 0.2) is 0 Å². The first-order valence-electron chi connectivity index (χ1n) is 8.57. The van der Waals surface area contributed by atoms with E-state index in [-0.39, 0.29) is 18.6 Å². The molecule has 1 amide bonds. The number of aliphatic carboxylic acids is 1. The molecule has 0 spiro atoms. The van der Waals surface area contributed by atoms with Crippen LogP contribution < -0.4 is 5.32 Å². The highest BCUT2D eigenvalue weighted by Gasteiger charge is 2.11. The van der Waals surface area contributed by atoms with Crippen LogP contribution in [0.1, 0.15) is 31.2 Å². The summed E-state index contributed by atoms with van der Waals surface area (Å²) in [5, 5.41) is 29.7. The van der Waals surface area contributed by atoms with E-state index in [0.29, 0.717) is 38.9 Å². The van der Waals surface area contributed by atoms with E-state index in [1.807, 2.05) is 36.4 Å². The van der Waals surface area contributed by atoms with Crippen LogP contribution in [0.4, 0.5) is 0 Å². The fourth-order valence-corrected chi connectivity index (χ4v) is 2.33. The molecule has 7 heteroatoms. The van der Waals surface area contributed by atoms with Crippen LogP contribution in [0.2, 0.25) is 0 Å². The van der Waals surface area contributed by atoms with Gasteiger partial charge in [0.1, 0.15) is 11.6 Å². The fourth-order valence-electron chi connectivity index (χ4n) is 2.33. The number of carboxylic acid groups (broad SMARTS) is 1. The normalized spacial score (nSPS) is 10.8. The number of aliphatic hydroxyl groups excluding tert-OH is 1. The van der Waals surface area contributed by atoms with Gasteiger partial charge in [-0.05, 0) is 18.4 Å². The summed E-state index contributed by atoms with van der Waals surface area (Å²) in [5.41, 5.74) is 0.980. The molecule has 1 aromatic rings. The number of aliphatic hydroxyl groups is 1. The van der Waals surface area contributed by atoms with Crippen LogP contribution in [0, 0.1) is 11.3 Å². The maximum atomic E-state index is 12.1. The molecule has 1 aromatic carbocycles. The maximum absolute atomic E-state index is 12.1. The molecule has 0 aromatic heterocycles. The van der Waals surface area contributed by atoms with Gasteiger partial charge >= 0.3 is 5.97 Å². The van der Waals surface area contributed by atoms with Crippen molar-refractivity contribution in [2.45, 2.75) is 32.2 Å². The molecule has 0 saturated carbocycles. The minimum atomic E-state index is -0.828. The van der Waals surface area contributed by atoms with Crippen molar-refractivity contribution in [3.05, 3.63) is 47.7 Å². The molecular weight excluding hydrogens is 334 g/mol. The third kappa shape index (κ3) is 8.85. The number of hydrogen-bond acceptors (Lipinski definition) is 5. The largest absolute Gasteiger partial charge is 0.481 e. The van der Waals surface area contributed by atoms with E-state index in [2.05, 4.69) is 5.32 Å². The number of carbonyl (C=O) groups is 2. The lowest BCUT2D eigenvalue weighted by atomic mass is 10.2. The number of nitriles is 1. The van der Waals surface area contributed by atoms with Gasteiger partial charge < -0.3 is 20.4 Å². The molecule has 0 fully saturated rings. The molecule has 0 bridgehead atoms. The number of carbonyl (C=O) groups excluding carboxylic acids is 1. The molecule has 0 radical (unpaired) electrons. The highest BCUT2D eigenvalue weighted by atomic mass is 16.4. The van der Waals surface area contributed by atoms with Crippen LogP contribution in [0.15, 0.2) is 42.1 Å². The second kappa shape index (κ2) is 12.5. The number of unbranched alkanes of at least 4 members (excludes halogenated alkanes) is 2. The molecule has 0 aliphatic carbocycles. The van der Waals surface area contributed by atoms with Crippen molar-refractivity contribution in [1.82, 2.24) is 10.2 Å². The van der Waals surface area contributed by atoms with Crippen molar-refractivity contribution < 1.29 is 19.8 Å². The third-order valence-electron chi connectivity index (χ3n) is 3.65. The summed E-state index contributed by atoms with van der Waals surface area (Å²) in [6.07, 6.45) is 3.49. The Morgan fingerprint density at radius 1 is 1.19 bits per heavy atom. The smallest absolute Gasteiger partial charge is 0.303 e. The zero-order chi connectivity index (χ0) is 19.2. The molecule has 0 unspecified atom stereocenters. The second-order valence-corrected chi connectivity index (χ2v) is 5.79. The van der Waals surface area contributed by atoms with Gasteiger partial charge in [-0.15, -0.1) is 0 Å². The number of nitrogens with zero attached hydrogens (tertiary/aromatic N) is 2. The average molecular weight is 359 g/mol. The van der Waals surface area contributed by atoms with E-state index in [9.17, 15) is 20.0 Å². The molecule has 26 heavy (non-hydrogen) atoms. The Balaban J connectivity index is 2.54. The summed E-state index contributed by atoms with van der Waals surface area (Å²) in [7, 11) is 0. The van der Waals surface area contributed by atoms with Crippen molar-refractivity contribution in [3.8, 4) is 6.07 Å². The predicted octanol–water partition coefficient (Wildman–Crippen LogP) is 1.65. The molecule has 140 valence electrons. The first kappa shape index (κ1) is 21.2. The SMILES string of the molecule is N#C/C(=C/N(CCO)Cc1ccccc1)C(=O)NCCCCCC(=O)O. The van der Waals surface area contributed by atoms with Gasteiger partial charge in [0.05, 0.1) is 6.61 Å². The van der Waals surface area contributed by atoms with Crippen LogP contribution in [0.5, 0.6) is 0 Å². The van der Waals surface area contributed by atoms with E-state index in [0.717, 1.165) is 5.56 Å². The summed E-state index contributed by atoms with van der Waals surface area (Å²) in [5.74, 6) is -1.30. The van der Waals surface area contributed by atoms with Crippen LogP contribution in [-0.4, -0.2) is 46.7 Å². The third-order valence-corrected chi connectivity index (χ3v) is 3.65. The van der Waals surface area contributed by atoms with Crippen molar-refractivity contribution >= 4 is 11.9 Å². The van der Waals surface area contributed by atoms with E-state index < -0.39 is 11.9 Å². The zero-order valence-electron chi connectivity index (χ0n) is 14.7. The van der Waals surface area contributed by atoms with Crippen molar-refractivity contribution in [1.29, 1.82) is 5.26 Å². The summed E-state index contributed by atoms with van der Waals surface area (Å²) < 4.78 is 0. The molecular formula is C19H25N3O4. The van der Waals surface area contributed by atoms with Crippen LogP contribution in [0.25, 0.3) is 0 Å². The molecule has 3 N–H and O–H groups in total. The van der Waals surface area contributed by atoms with Crippen LogP contribution >= 0.6 is 0 Å². The van der Waals surface area contributed by atoms with Gasteiger partial charge in [0, 0.05) is 32.3 Å². The van der Waals surface area contributed by atoms with E-state index in [1.165, 1.54) is 6.20 Å². The molecule has 0 aliphatic heterocycles. The van der Waals surface area contributed by atoms with Crippen LogP contribution in [-0.2, 0) is 16.1 Å². The zero-order valence-corrected chi connectivity index (χ0v) is 14.7. The van der Waals surface area contributed by atoms with Gasteiger partial charge in [-0.1, -0.05) is 36.8 Å². The Kier molecular flexibility index (Phi) is 10.2. The van der Waals surface area contributed by atoms with Gasteiger partial charge in [-0.3, -0.25) is 9.59 Å². The predicted molar refractivity (Wildman–Crippen MR) is 96.7 cm³/mol. The van der Waals surface area contributed by atoms with E-state index in [4.69, 9.17) is 5.11 Å². The Bertz CT molecular complexity index is 638. The van der Waals surface area contributed by atoms with Gasteiger partial charge in [-0.25, -0.2) is 0 Å². The molecule has 0 atom stereocenters. The lowest BCUT2D eigenvalue weighted by molar-refractivity contribution is -0.137.